The Bertz CT molecular complexity index is 653. The van der Waals surface area contributed by atoms with Gasteiger partial charge in [0.05, 0.1) is 16.3 Å². The Kier molecular flexibility index (Phi) is 4.79. The van der Waals surface area contributed by atoms with Gasteiger partial charge in [-0.3, -0.25) is 4.79 Å². The van der Waals surface area contributed by atoms with E-state index in [2.05, 4.69) is 10.5 Å². The number of carbonyl (C=O) groups is 1. The number of hydrogen-bond donors (Lipinski definition) is 2. The van der Waals surface area contributed by atoms with Crippen LogP contribution in [0.15, 0.2) is 39.9 Å². The quantitative estimate of drug-likeness (QED) is 0.673. The first kappa shape index (κ1) is 14.6. The number of aliphatic hydroxyl groups is 1. The molecule has 0 aliphatic rings. The Morgan fingerprint density at radius 2 is 2.10 bits per heavy atom. The van der Waals surface area contributed by atoms with Gasteiger partial charge in [0.25, 0.3) is 5.91 Å². The van der Waals surface area contributed by atoms with E-state index in [0.717, 1.165) is 5.56 Å². The Morgan fingerprint density at radius 1 is 1.30 bits per heavy atom. The molecule has 1 aromatic heterocycles. The number of nitrogens with one attached hydrogen (secondary N) is 1. The van der Waals surface area contributed by atoms with Crippen LogP contribution >= 0.6 is 23.2 Å². The lowest BCUT2D eigenvalue weighted by Gasteiger charge is -1.99. The van der Waals surface area contributed by atoms with Crippen LogP contribution in [0.25, 0.3) is 11.3 Å². The van der Waals surface area contributed by atoms with Crippen molar-refractivity contribution in [3.63, 3.8) is 0 Å². The lowest BCUT2D eigenvalue weighted by Crippen LogP contribution is -2.20. The largest absolute Gasteiger partial charge is 0.455 e. The zero-order valence-corrected chi connectivity index (χ0v) is 11.6. The van der Waals surface area contributed by atoms with Crippen LogP contribution in [0.4, 0.5) is 0 Å². The molecule has 20 heavy (non-hydrogen) atoms. The molecule has 0 saturated heterocycles. The van der Waals surface area contributed by atoms with Crippen LogP contribution in [0.2, 0.25) is 10.0 Å². The van der Waals surface area contributed by atoms with Crippen molar-refractivity contribution in [1.82, 2.24) is 5.43 Å². The SMILES string of the molecule is O=C(CO)N/N=C/c1ccc(-c2ccc(Cl)c(Cl)c2)o1. The summed E-state index contributed by atoms with van der Waals surface area (Å²) in [6.07, 6.45) is 1.33. The van der Waals surface area contributed by atoms with Crippen molar-refractivity contribution in [1.29, 1.82) is 0 Å². The highest BCUT2D eigenvalue weighted by molar-refractivity contribution is 6.42. The number of benzene rings is 1. The molecule has 0 radical (unpaired) electrons. The number of nitrogens with zero attached hydrogens (tertiary/aromatic N) is 1. The monoisotopic (exact) mass is 312 g/mol. The molecule has 2 N–H and O–H groups in total. The van der Waals surface area contributed by atoms with E-state index in [1.807, 2.05) is 0 Å². The molecule has 0 atom stereocenters. The van der Waals surface area contributed by atoms with Crippen molar-refractivity contribution in [2.24, 2.45) is 5.10 Å². The van der Waals surface area contributed by atoms with Gasteiger partial charge >= 0.3 is 0 Å². The van der Waals surface area contributed by atoms with E-state index < -0.39 is 12.5 Å². The maximum atomic E-state index is 10.8. The summed E-state index contributed by atoms with van der Waals surface area (Å²) in [4.78, 5) is 10.8. The fraction of sp³-hybridized carbons (Fsp3) is 0.0769. The molecule has 1 amide bonds. The van der Waals surface area contributed by atoms with E-state index in [1.54, 1.807) is 30.3 Å². The van der Waals surface area contributed by atoms with E-state index in [1.165, 1.54) is 6.21 Å². The predicted octanol–water partition coefficient (Wildman–Crippen LogP) is 2.70. The third-order valence-electron chi connectivity index (χ3n) is 2.36. The highest BCUT2D eigenvalue weighted by atomic mass is 35.5. The van der Waals surface area contributed by atoms with Crippen molar-refractivity contribution in [3.8, 4) is 11.3 Å². The van der Waals surface area contributed by atoms with Crippen LogP contribution in [-0.4, -0.2) is 23.8 Å². The standard InChI is InChI=1S/C13H10Cl2N2O3/c14-10-3-1-8(5-11(10)15)12-4-2-9(20-12)6-16-17-13(19)7-18/h1-6,18H,7H2,(H,17,19)/b16-6+. The van der Waals surface area contributed by atoms with Gasteiger partial charge < -0.3 is 9.52 Å². The summed E-state index contributed by atoms with van der Waals surface area (Å²) >= 11 is 11.8. The molecule has 0 fully saturated rings. The van der Waals surface area contributed by atoms with Crippen LogP contribution < -0.4 is 5.43 Å². The topological polar surface area (TPSA) is 74.8 Å². The molecular formula is C13H10Cl2N2O3. The van der Waals surface area contributed by atoms with Gasteiger partial charge in [-0.15, -0.1) is 0 Å². The molecule has 0 spiro atoms. The maximum Gasteiger partial charge on any atom is 0.265 e. The molecular weight excluding hydrogens is 303 g/mol. The lowest BCUT2D eigenvalue weighted by molar-refractivity contribution is -0.123. The molecule has 104 valence electrons. The number of rotatable bonds is 4. The number of hydrogen-bond acceptors (Lipinski definition) is 4. The van der Waals surface area contributed by atoms with Gasteiger partial charge in [0.2, 0.25) is 0 Å². The third-order valence-corrected chi connectivity index (χ3v) is 3.09. The van der Waals surface area contributed by atoms with Crippen molar-refractivity contribution in [2.75, 3.05) is 6.61 Å². The van der Waals surface area contributed by atoms with Gasteiger partial charge in [-0.25, -0.2) is 5.43 Å². The Morgan fingerprint density at radius 3 is 2.80 bits per heavy atom. The van der Waals surface area contributed by atoms with Gasteiger partial charge in [-0.1, -0.05) is 23.2 Å². The molecule has 2 aromatic rings. The molecule has 0 bridgehead atoms. The number of amides is 1. The van der Waals surface area contributed by atoms with Gasteiger partial charge in [-0.05, 0) is 30.3 Å². The molecule has 0 aliphatic carbocycles. The number of aliphatic hydroxyl groups excluding tert-OH is 1. The predicted molar refractivity (Wildman–Crippen MR) is 77.0 cm³/mol. The van der Waals surface area contributed by atoms with Crippen molar-refractivity contribution >= 4 is 35.3 Å². The van der Waals surface area contributed by atoms with E-state index in [0.29, 0.717) is 21.6 Å². The summed E-state index contributed by atoms with van der Waals surface area (Å²) < 4.78 is 5.52. The van der Waals surface area contributed by atoms with Crippen LogP contribution in [0.5, 0.6) is 0 Å². The normalized spacial score (nSPS) is 10.9. The van der Waals surface area contributed by atoms with Crippen molar-refractivity contribution in [3.05, 3.63) is 46.1 Å². The Labute approximate surface area is 124 Å². The number of halogens is 2. The molecule has 1 heterocycles. The van der Waals surface area contributed by atoms with E-state index in [9.17, 15) is 4.79 Å². The summed E-state index contributed by atoms with van der Waals surface area (Å²) in [6, 6.07) is 8.58. The third kappa shape index (κ3) is 3.60. The van der Waals surface area contributed by atoms with E-state index in [-0.39, 0.29) is 0 Å². The minimum atomic E-state index is -0.621. The van der Waals surface area contributed by atoms with E-state index >= 15 is 0 Å². The maximum absolute atomic E-state index is 10.8. The molecule has 1 aromatic carbocycles. The highest BCUT2D eigenvalue weighted by Gasteiger charge is 2.06. The van der Waals surface area contributed by atoms with Gasteiger partial charge in [0, 0.05) is 5.56 Å². The first-order valence-corrected chi connectivity index (χ1v) is 6.34. The second kappa shape index (κ2) is 6.56. The minimum absolute atomic E-state index is 0.436. The summed E-state index contributed by atoms with van der Waals surface area (Å²) in [7, 11) is 0. The Balaban J connectivity index is 2.12. The van der Waals surface area contributed by atoms with Crippen LogP contribution in [0, 0.1) is 0 Å². The van der Waals surface area contributed by atoms with Gasteiger partial charge in [-0.2, -0.15) is 5.10 Å². The lowest BCUT2D eigenvalue weighted by atomic mass is 10.2. The second-order valence-corrected chi connectivity index (χ2v) is 4.60. The molecule has 5 nitrogen and oxygen atoms in total. The highest BCUT2D eigenvalue weighted by Crippen LogP contribution is 2.29. The summed E-state index contributed by atoms with van der Waals surface area (Å²) in [5, 5.41) is 13.0. The Hall–Kier alpha value is -1.82. The zero-order valence-electron chi connectivity index (χ0n) is 10.1. The van der Waals surface area contributed by atoms with Crippen molar-refractivity contribution < 1.29 is 14.3 Å². The first-order valence-electron chi connectivity index (χ1n) is 5.58. The van der Waals surface area contributed by atoms with Crippen molar-refractivity contribution in [2.45, 2.75) is 0 Å². The first-order chi connectivity index (χ1) is 9.60. The number of hydrazone groups is 1. The summed E-state index contributed by atoms with van der Waals surface area (Å²) in [5.74, 6) is 0.445. The van der Waals surface area contributed by atoms with Crippen LogP contribution in [0.1, 0.15) is 5.76 Å². The molecule has 7 heteroatoms. The molecule has 2 rings (SSSR count). The smallest absolute Gasteiger partial charge is 0.265 e. The zero-order chi connectivity index (χ0) is 14.5. The summed E-state index contributed by atoms with van der Waals surface area (Å²) in [5.41, 5.74) is 2.90. The summed E-state index contributed by atoms with van der Waals surface area (Å²) in [6.45, 7) is -0.621. The van der Waals surface area contributed by atoms with Gasteiger partial charge in [0.15, 0.2) is 0 Å². The van der Waals surface area contributed by atoms with Crippen LogP contribution in [0.3, 0.4) is 0 Å². The second-order valence-electron chi connectivity index (χ2n) is 3.78. The molecule has 0 saturated carbocycles. The fourth-order valence-electron chi connectivity index (χ4n) is 1.43. The molecule has 0 aliphatic heterocycles. The van der Waals surface area contributed by atoms with E-state index in [4.69, 9.17) is 32.7 Å². The number of carbonyl (C=O) groups excluding carboxylic acids is 1. The van der Waals surface area contributed by atoms with Crippen LogP contribution in [-0.2, 0) is 4.79 Å². The molecule has 0 unspecified atom stereocenters. The van der Waals surface area contributed by atoms with Gasteiger partial charge in [0.1, 0.15) is 18.1 Å². The average molecular weight is 313 g/mol. The fourth-order valence-corrected chi connectivity index (χ4v) is 1.73. The minimum Gasteiger partial charge on any atom is -0.455 e. The average Bonchev–Trinajstić information content (AvgIpc) is 2.90. The number of furan rings is 1.